The molecule has 28 heavy (non-hydrogen) atoms. The van der Waals surface area contributed by atoms with Crippen molar-refractivity contribution in [3.63, 3.8) is 0 Å². The first kappa shape index (κ1) is 18.0. The highest BCUT2D eigenvalue weighted by molar-refractivity contribution is 6.07. The fourth-order valence-electron chi connectivity index (χ4n) is 4.03. The van der Waals surface area contributed by atoms with E-state index in [1.54, 1.807) is 17.9 Å². The first-order chi connectivity index (χ1) is 13.6. The van der Waals surface area contributed by atoms with Gasteiger partial charge in [-0.2, -0.15) is 0 Å². The van der Waals surface area contributed by atoms with Crippen LogP contribution < -0.4 is 9.80 Å². The summed E-state index contributed by atoms with van der Waals surface area (Å²) in [5.74, 6) is -0.117. The number of hydrogen-bond donors (Lipinski definition) is 0. The number of rotatable bonds is 3. The van der Waals surface area contributed by atoms with Gasteiger partial charge in [-0.05, 0) is 43.2 Å². The Morgan fingerprint density at radius 3 is 2.43 bits per heavy atom. The highest BCUT2D eigenvalue weighted by Gasteiger charge is 2.38. The molecule has 2 atom stereocenters. The Labute approximate surface area is 164 Å². The van der Waals surface area contributed by atoms with Gasteiger partial charge in [0.05, 0.1) is 17.9 Å². The van der Waals surface area contributed by atoms with Gasteiger partial charge in [-0.15, -0.1) is 0 Å². The second-order valence-electron chi connectivity index (χ2n) is 7.07. The van der Waals surface area contributed by atoms with Gasteiger partial charge in [0.2, 0.25) is 5.91 Å². The van der Waals surface area contributed by atoms with Gasteiger partial charge < -0.3 is 14.2 Å². The zero-order chi connectivity index (χ0) is 19.7. The maximum atomic E-state index is 13.1. The summed E-state index contributed by atoms with van der Waals surface area (Å²) in [5, 5.41) is 0. The van der Waals surface area contributed by atoms with E-state index in [9.17, 15) is 9.59 Å². The highest BCUT2D eigenvalue weighted by atomic mass is 16.3. The van der Waals surface area contributed by atoms with Gasteiger partial charge in [-0.25, -0.2) is 0 Å². The molecule has 1 aliphatic heterocycles. The predicted molar refractivity (Wildman–Crippen MR) is 108 cm³/mol. The molecule has 0 saturated heterocycles. The van der Waals surface area contributed by atoms with E-state index in [0.717, 1.165) is 16.9 Å². The van der Waals surface area contributed by atoms with Crippen LogP contribution in [-0.4, -0.2) is 17.9 Å². The quantitative estimate of drug-likeness (QED) is 0.661. The smallest absolute Gasteiger partial charge is 0.261 e. The number of fused-ring (bicyclic) bond motifs is 1. The maximum absolute atomic E-state index is 13.1. The molecule has 5 nitrogen and oxygen atoms in total. The standard InChI is InChI=1S/C23H22N2O3/c1-16-14-22(25(17(2)26)19-8-4-3-5-9-19)20-10-6-7-11-21(20)24(16)23(27)18-12-13-28-15-18/h3-13,15-16,22H,14H2,1-2H3/t16?,22-/m0/s1. The molecule has 1 aliphatic rings. The third-order valence-corrected chi connectivity index (χ3v) is 5.23. The van der Waals surface area contributed by atoms with Crippen LogP contribution in [0.15, 0.2) is 77.6 Å². The number of amides is 2. The second kappa shape index (κ2) is 7.35. The van der Waals surface area contributed by atoms with E-state index in [0.29, 0.717) is 12.0 Å². The summed E-state index contributed by atoms with van der Waals surface area (Å²) >= 11 is 0. The van der Waals surface area contributed by atoms with Crippen LogP contribution in [0.3, 0.4) is 0 Å². The molecular weight excluding hydrogens is 352 g/mol. The average Bonchev–Trinajstić information content (AvgIpc) is 3.23. The van der Waals surface area contributed by atoms with Gasteiger partial charge in [0.15, 0.2) is 0 Å². The molecule has 1 unspecified atom stereocenters. The van der Waals surface area contributed by atoms with Crippen LogP contribution in [0.25, 0.3) is 0 Å². The average molecular weight is 374 g/mol. The SMILES string of the molecule is CC(=O)N(c1ccccc1)[C@H]1CC(C)N(C(=O)c2ccoc2)c2ccccc21. The number of hydrogen-bond acceptors (Lipinski definition) is 3. The molecule has 2 heterocycles. The van der Waals surface area contributed by atoms with E-state index in [4.69, 9.17) is 4.42 Å². The third-order valence-electron chi connectivity index (χ3n) is 5.23. The largest absolute Gasteiger partial charge is 0.472 e. The lowest BCUT2D eigenvalue weighted by Gasteiger charge is -2.43. The molecule has 142 valence electrons. The van der Waals surface area contributed by atoms with Crippen molar-refractivity contribution >= 4 is 23.2 Å². The topological polar surface area (TPSA) is 53.8 Å². The molecule has 0 bridgehead atoms. The van der Waals surface area contributed by atoms with Crippen molar-refractivity contribution in [1.29, 1.82) is 0 Å². The first-order valence-corrected chi connectivity index (χ1v) is 9.37. The lowest BCUT2D eigenvalue weighted by molar-refractivity contribution is -0.117. The molecule has 2 aromatic carbocycles. The van der Waals surface area contributed by atoms with Gasteiger partial charge in [-0.1, -0.05) is 36.4 Å². The molecule has 4 rings (SSSR count). The molecule has 0 fully saturated rings. The second-order valence-corrected chi connectivity index (χ2v) is 7.07. The molecule has 1 aromatic heterocycles. The number of benzene rings is 2. The predicted octanol–water partition coefficient (Wildman–Crippen LogP) is 4.81. The van der Waals surface area contributed by atoms with Crippen molar-refractivity contribution in [1.82, 2.24) is 0 Å². The first-order valence-electron chi connectivity index (χ1n) is 9.37. The minimum Gasteiger partial charge on any atom is -0.472 e. The third kappa shape index (κ3) is 3.09. The van der Waals surface area contributed by atoms with Gasteiger partial charge in [-0.3, -0.25) is 9.59 Å². The summed E-state index contributed by atoms with van der Waals surface area (Å²) in [5.41, 5.74) is 3.18. The monoisotopic (exact) mass is 374 g/mol. The van der Waals surface area contributed by atoms with Gasteiger partial charge >= 0.3 is 0 Å². The van der Waals surface area contributed by atoms with Crippen molar-refractivity contribution in [3.8, 4) is 0 Å². The fraction of sp³-hybridized carbons (Fsp3) is 0.217. The zero-order valence-electron chi connectivity index (χ0n) is 15.9. The summed E-state index contributed by atoms with van der Waals surface area (Å²) in [4.78, 5) is 29.3. The van der Waals surface area contributed by atoms with E-state index in [1.807, 2.05) is 66.4 Å². The summed E-state index contributed by atoms with van der Waals surface area (Å²) in [6.07, 6.45) is 3.62. The minimum absolute atomic E-state index is 0.0205. The molecule has 0 radical (unpaired) electrons. The fourth-order valence-corrected chi connectivity index (χ4v) is 4.03. The van der Waals surface area contributed by atoms with Crippen LogP contribution in [0, 0.1) is 0 Å². The van der Waals surface area contributed by atoms with Crippen LogP contribution in [0.5, 0.6) is 0 Å². The van der Waals surface area contributed by atoms with E-state index in [2.05, 4.69) is 0 Å². The normalized spacial score (nSPS) is 18.4. The van der Waals surface area contributed by atoms with Crippen molar-refractivity contribution < 1.29 is 14.0 Å². The Morgan fingerprint density at radius 1 is 1.04 bits per heavy atom. The van der Waals surface area contributed by atoms with Crippen molar-refractivity contribution in [2.24, 2.45) is 0 Å². The highest BCUT2D eigenvalue weighted by Crippen LogP contribution is 2.42. The van der Waals surface area contributed by atoms with E-state index in [-0.39, 0.29) is 23.9 Å². The molecule has 2 amide bonds. The molecule has 0 spiro atoms. The minimum atomic E-state index is -0.139. The maximum Gasteiger partial charge on any atom is 0.261 e. The number of carbonyl (C=O) groups is 2. The summed E-state index contributed by atoms with van der Waals surface area (Å²) in [6, 6.07) is 19.0. The Balaban J connectivity index is 1.79. The number of anilines is 2. The Hall–Kier alpha value is -3.34. The Kier molecular flexibility index (Phi) is 4.74. The van der Waals surface area contributed by atoms with Crippen LogP contribution in [-0.2, 0) is 4.79 Å². The van der Waals surface area contributed by atoms with Crippen LogP contribution >= 0.6 is 0 Å². The summed E-state index contributed by atoms with van der Waals surface area (Å²) < 4.78 is 5.10. The van der Waals surface area contributed by atoms with E-state index in [1.165, 1.54) is 12.5 Å². The van der Waals surface area contributed by atoms with Crippen molar-refractivity contribution in [3.05, 3.63) is 84.3 Å². The lowest BCUT2D eigenvalue weighted by Crippen LogP contribution is -2.47. The summed E-state index contributed by atoms with van der Waals surface area (Å²) in [6.45, 7) is 3.60. The molecule has 5 heteroatoms. The molecular formula is C23H22N2O3. The van der Waals surface area contributed by atoms with Crippen molar-refractivity contribution in [2.45, 2.75) is 32.4 Å². The molecule has 0 N–H and O–H groups in total. The number of para-hydroxylation sites is 2. The Bertz CT molecular complexity index is 982. The van der Waals surface area contributed by atoms with E-state index < -0.39 is 0 Å². The molecule has 0 aliphatic carbocycles. The number of carbonyl (C=O) groups excluding carboxylic acids is 2. The number of furan rings is 1. The van der Waals surface area contributed by atoms with Crippen LogP contribution in [0.1, 0.15) is 42.2 Å². The number of nitrogens with zero attached hydrogens (tertiary/aromatic N) is 2. The van der Waals surface area contributed by atoms with Gasteiger partial charge in [0.25, 0.3) is 5.91 Å². The van der Waals surface area contributed by atoms with E-state index >= 15 is 0 Å². The summed E-state index contributed by atoms with van der Waals surface area (Å²) in [7, 11) is 0. The lowest BCUT2D eigenvalue weighted by atomic mass is 9.89. The van der Waals surface area contributed by atoms with Gasteiger partial charge in [0.1, 0.15) is 6.26 Å². The zero-order valence-corrected chi connectivity index (χ0v) is 15.9. The molecule has 3 aromatic rings. The Morgan fingerprint density at radius 2 is 1.75 bits per heavy atom. The van der Waals surface area contributed by atoms with Crippen LogP contribution in [0.4, 0.5) is 11.4 Å². The van der Waals surface area contributed by atoms with Gasteiger partial charge in [0, 0.05) is 24.3 Å². The van der Waals surface area contributed by atoms with Crippen molar-refractivity contribution in [2.75, 3.05) is 9.80 Å². The molecule has 0 saturated carbocycles. The van der Waals surface area contributed by atoms with Crippen LogP contribution in [0.2, 0.25) is 0 Å².